The van der Waals surface area contributed by atoms with Crippen molar-refractivity contribution in [1.29, 1.82) is 0 Å². The van der Waals surface area contributed by atoms with E-state index in [-0.39, 0.29) is 5.97 Å². The Hall–Kier alpha value is -2.88. The zero-order valence-corrected chi connectivity index (χ0v) is 13.9. The molecule has 1 N–H and O–H groups in total. The van der Waals surface area contributed by atoms with Crippen molar-refractivity contribution in [1.82, 2.24) is 4.98 Å². The number of fused-ring (bicyclic) bond motifs is 1. The summed E-state index contributed by atoms with van der Waals surface area (Å²) in [6.45, 7) is 4.30. The highest BCUT2D eigenvalue weighted by molar-refractivity contribution is 5.94. The molecule has 0 saturated heterocycles. The van der Waals surface area contributed by atoms with Crippen molar-refractivity contribution in [3.63, 3.8) is 0 Å². The predicted octanol–water partition coefficient (Wildman–Crippen LogP) is 4.72. The second-order valence-electron chi connectivity index (χ2n) is 5.49. The van der Waals surface area contributed by atoms with Gasteiger partial charge in [-0.05, 0) is 55.3 Å². The molecule has 2 aromatic carbocycles. The number of pyridine rings is 1. The van der Waals surface area contributed by atoms with E-state index in [9.17, 15) is 4.79 Å². The van der Waals surface area contributed by atoms with E-state index in [1.165, 1.54) is 5.56 Å². The average molecular weight is 320 g/mol. The van der Waals surface area contributed by atoms with Gasteiger partial charge in [-0.15, -0.1) is 0 Å². The van der Waals surface area contributed by atoms with Gasteiger partial charge < -0.3 is 10.1 Å². The Labute approximate surface area is 141 Å². The molecule has 0 atom stereocenters. The third-order valence-corrected chi connectivity index (χ3v) is 3.87. The molecule has 0 saturated carbocycles. The third kappa shape index (κ3) is 3.38. The number of carbonyl (C=O) groups is 1. The zero-order chi connectivity index (χ0) is 16.9. The molecular formula is C20H20N2O2. The number of rotatable bonds is 5. The Kier molecular flexibility index (Phi) is 4.75. The van der Waals surface area contributed by atoms with Crippen LogP contribution >= 0.6 is 0 Å². The molecule has 0 radical (unpaired) electrons. The first-order valence-electron chi connectivity index (χ1n) is 8.13. The second kappa shape index (κ2) is 7.13. The van der Waals surface area contributed by atoms with Gasteiger partial charge in [0.2, 0.25) is 0 Å². The fourth-order valence-corrected chi connectivity index (χ4v) is 2.62. The lowest BCUT2D eigenvalue weighted by Gasteiger charge is -2.11. The molecule has 0 fully saturated rings. The van der Waals surface area contributed by atoms with E-state index in [0.717, 1.165) is 28.7 Å². The lowest BCUT2D eigenvalue weighted by molar-refractivity contribution is 0.0526. The van der Waals surface area contributed by atoms with E-state index in [4.69, 9.17) is 4.74 Å². The number of aryl methyl sites for hydroxylation is 1. The lowest BCUT2D eigenvalue weighted by Crippen LogP contribution is -2.05. The van der Waals surface area contributed by atoms with Gasteiger partial charge in [0, 0.05) is 23.0 Å². The Bertz CT molecular complexity index is 874. The van der Waals surface area contributed by atoms with Gasteiger partial charge in [0.1, 0.15) is 0 Å². The number of benzene rings is 2. The molecule has 0 aliphatic rings. The fourth-order valence-electron chi connectivity index (χ4n) is 2.62. The smallest absolute Gasteiger partial charge is 0.338 e. The van der Waals surface area contributed by atoms with E-state index < -0.39 is 0 Å². The van der Waals surface area contributed by atoms with Crippen LogP contribution in [-0.4, -0.2) is 17.6 Å². The molecule has 0 aliphatic heterocycles. The Morgan fingerprint density at radius 3 is 2.79 bits per heavy atom. The number of aromatic nitrogens is 1. The van der Waals surface area contributed by atoms with Gasteiger partial charge in [-0.3, -0.25) is 4.98 Å². The Morgan fingerprint density at radius 2 is 2.00 bits per heavy atom. The highest BCUT2D eigenvalue weighted by Crippen LogP contribution is 2.26. The highest BCUT2D eigenvalue weighted by Gasteiger charge is 2.08. The minimum atomic E-state index is -0.311. The van der Waals surface area contributed by atoms with Crippen molar-refractivity contribution >= 4 is 28.2 Å². The van der Waals surface area contributed by atoms with Crippen LogP contribution in [0.1, 0.15) is 29.8 Å². The van der Waals surface area contributed by atoms with Crippen LogP contribution in [0, 0.1) is 0 Å². The maximum Gasteiger partial charge on any atom is 0.338 e. The Balaban J connectivity index is 1.95. The van der Waals surface area contributed by atoms with Crippen LogP contribution in [-0.2, 0) is 11.2 Å². The number of nitrogens with one attached hydrogen (secondary N) is 1. The fraction of sp³-hybridized carbons (Fsp3) is 0.200. The van der Waals surface area contributed by atoms with Gasteiger partial charge in [-0.2, -0.15) is 0 Å². The van der Waals surface area contributed by atoms with Crippen molar-refractivity contribution in [2.45, 2.75) is 20.3 Å². The van der Waals surface area contributed by atoms with Crippen molar-refractivity contribution in [2.24, 2.45) is 0 Å². The molecule has 1 aromatic heterocycles. The third-order valence-electron chi connectivity index (χ3n) is 3.87. The second-order valence-corrected chi connectivity index (χ2v) is 5.49. The number of anilines is 2. The molecule has 3 rings (SSSR count). The predicted molar refractivity (Wildman–Crippen MR) is 96.8 cm³/mol. The lowest BCUT2D eigenvalue weighted by atomic mass is 10.1. The topological polar surface area (TPSA) is 51.2 Å². The summed E-state index contributed by atoms with van der Waals surface area (Å²) in [6, 6.07) is 15.6. The number of hydrogen-bond acceptors (Lipinski definition) is 4. The molecular weight excluding hydrogens is 300 g/mol. The van der Waals surface area contributed by atoms with Gasteiger partial charge in [0.05, 0.1) is 17.7 Å². The van der Waals surface area contributed by atoms with Crippen LogP contribution in [0.3, 0.4) is 0 Å². The van der Waals surface area contributed by atoms with Gasteiger partial charge in [-0.1, -0.05) is 19.1 Å². The van der Waals surface area contributed by atoms with E-state index in [1.54, 1.807) is 25.3 Å². The van der Waals surface area contributed by atoms with Gasteiger partial charge in [0.15, 0.2) is 0 Å². The maximum absolute atomic E-state index is 11.9. The molecule has 0 bridgehead atoms. The molecule has 0 spiro atoms. The van der Waals surface area contributed by atoms with Gasteiger partial charge in [0.25, 0.3) is 0 Å². The molecule has 3 aromatic rings. The highest BCUT2D eigenvalue weighted by atomic mass is 16.5. The summed E-state index contributed by atoms with van der Waals surface area (Å²) in [6.07, 6.45) is 2.76. The number of carbonyl (C=O) groups excluding carboxylic acids is 1. The van der Waals surface area contributed by atoms with Crippen molar-refractivity contribution < 1.29 is 9.53 Å². The first-order chi connectivity index (χ1) is 11.7. The van der Waals surface area contributed by atoms with Crippen LogP contribution in [0.15, 0.2) is 54.7 Å². The quantitative estimate of drug-likeness (QED) is 0.691. The van der Waals surface area contributed by atoms with E-state index in [2.05, 4.69) is 29.4 Å². The van der Waals surface area contributed by atoms with Crippen molar-refractivity contribution in [3.8, 4) is 0 Å². The van der Waals surface area contributed by atoms with Gasteiger partial charge >= 0.3 is 5.97 Å². The summed E-state index contributed by atoms with van der Waals surface area (Å²) in [7, 11) is 0. The van der Waals surface area contributed by atoms with E-state index in [0.29, 0.717) is 12.2 Å². The molecule has 0 amide bonds. The summed E-state index contributed by atoms with van der Waals surface area (Å²) in [4.78, 5) is 16.3. The normalized spacial score (nSPS) is 10.6. The van der Waals surface area contributed by atoms with Crippen LogP contribution in [0.5, 0.6) is 0 Å². The number of hydrogen-bond donors (Lipinski definition) is 1. The molecule has 1 heterocycles. The molecule has 0 aliphatic carbocycles. The Morgan fingerprint density at radius 1 is 1.12 bits per heavy atom. The van der Waals surface area contributed by atoms with Crippen LogP contribution in [0.2, 0.25) is 0 Å². The largest absolute Gasteiger partial charge is 0.462 e. The molecule has 4 heteroatoms. The van der Waals surface area contributed by atoms with Gasteiger partial charge in [-0.25, -0.2) is 4.79 Å². The van der Waals surface area contributed by atoms with Crippen molar-refractivity contribution in [2.75, 3.05) is 11.9 Å². The van der Waals surface area contributed by atoms with E-state index >= 15 is 0 Å². The summed E-state index contributed by atoms with van der Waals surface area (Å²) in [5.41, 5.74) is 4.55. The van der Waals surface area contributed by atoms with Crippen LogP contribution < -0.4 is 5.32 Å². The number of esters is 1. The SMILES string of the molecule is CCOC(=O)c1cccc(Nc2ccnc3ccc(CC)cc23)c1. The number of nitrogens with zero attached hydrogens (tertiary/aromatic N) is 1. The summed E-state index contributed by atoms with van der Waals surface area (Å²) in [5, 5.41) is 4.46. The van der Waals surface area contributed by atoms with E-state index in [1.807, 2.05) is 24.3 Å². The molecule has 4 nitrogen and oxygen atoms in total. The maximum atomic E-state index is 11.9. The van der Waals surface area contributed by atoms with Crippen LogP contribution in [0.4, 0.5) is 11.4 Å². The monoisotopic (exact) mass is 320 g/mol. The first kappa shape index (κ1) is 16.0. The molecule has 0 unspecified atom stereocenters. The average Bonchev–Trinajstić information content (AvgIpc) is 2.62. The van der Waals surface area contributed by atoms with Crippen molar-refractivity contribution in [3.05, 3.63) is 65.9 Å². The first-order valence-corrected chi connectivity index (χ1v) is 8.13. The molecule has 122 valence electrons. The zero-order valence-electron chi connectivity index (χ0n) is 13.9. The van der Waals surface area contributed by atoms with Crippen LogP contribution in [0.25, 0.3) is 10.9 Å². The minimum absolute atomic E-state index is 0.311. The standard InChI is InChI=1S/C20H20N2O2/c1-3-14-8-9-18-17(12-14)19(10-11-21-18)22-16-7-5-6-15(13-16)20(23)24-4-2/h5-13H,3-4H2,1-2H3,(H,21,22). The summed E-state index contributed by atoms with van der Waals surface area (Å²) >= 11 is 0. The number of ether oxygens (including phenoxy) is 1. The summed E-state index contributed by atoms with van der Waals surface area (Å²) < 4.78 is 5.06. The minimum Gasteiger partial charge on any atom is -0.462 e. The molecule has 24 heavy (non-hydrogen) atoms. The summed E-state index contributed by atoms with van der Waals surface area (Å²) in [5.74, 6) is -0.311.